The Morgan fingerprint density at radius 2 is 1.70 bits per heavy atom. The monoisotopic (exact) mass is 394 g/mol. The maximum absolute atomic E-state index is 10.8. The van der Waals surface area contributed by atoms with Crippen molar-refractivity contribution in [2.45, 2.75) is 19.8 Å². The molecule has 0 aliphatic heterocycles. The van der Waals surface area contributed by atoms with Crippen molar-refractivity contribution in [2.75, 3.05) is 26.9 Å². The molecule has 0 fully saturated rings. The zero-order valence-corrected chi connectivity index (χ0v) is 16.1. The number of aliphatic carboxylic acids is 1. The van der Waals surface area contributed by atoms with Crippen LogP contribution in [0.15, 0.2) is 36.4 Å². The highest BCUT2D eigenvalue weighted by Gasteiger charge is 2.13. The molecule has 0 unspecified atom stereocenters. The largest absolute Gasteiger partial charge is 0.497 e. The van der Waals surface area contributed by atoms with Gasteiger partial charge in [0.2, 0.25) is 0 Å². The van der Waals surface area contributed by atoms with Crippen molar-refractivity contribution in [1.82, 2.24) is 0 Å². The molecule has 2 aromatic carbocycles. The summed E-state index contributed by atoms with van der Waals surface area (Å²) in [6.45, 7) is 2.90. The molecule has 146 valence electrons. The number of hydrogen-bond acceptors (Lipinski definition) is 5. The van der Waals surface area contributed by atoms with E-state index in [4.69, 9.17) is 35.7 Å². The molecule has 0 aromatic heterocycles. The number of carboxylic acid groups (broad SMARTS) is 1. The summed E-state index contributed by atoms with van der Waals surface area (Å²) in [5, 5.41) is 9.21. The second-order valence-corrected chi connectivity index (χ2v) is 6.01. The van der Waals surface area contributed by atoms with Crippen LogP contribution in [0.25, 0.3) is 0 Å². The van der Waals surface area contributed by atoms with Crippen LogP contribution in [0.5, 0.6) is 23.0 Å². The molecule has 0 bridgehead atoms. The lowest BCUT2D eigenvalue weighted by molar-refractivity contribution is -0.136. The van der Waals surface area contributed by atoms with E-state index in [1.807, 2.05) is 31.2 Å². The third-order valence-corrected chi connectivity index (χ3v) is 3.94. The Kier molecular flexibility index (Phi) is 8.07. The molecule has 0 amide bonds. The fourth-order valence-corrected chi connectivity index (χ4v) is 2.68. The van der Waals surface area contributed by atoms with Crippen molar-refractivity contribution in [3.63, 3.8) is 0 Å². The van der Waals surface area contributed by atoms with Crippen LogP contribution in [0.2, 0.25) is 5.02 Å². The number of carboxylic acids is 1. The lowest BCUT2D eigenvalue weighted by Crippen LogP contribution is -2.10. The van der Waals surface area contributed by atoms with Crippen molar-refractivity contribution in [1.29, 1.82) is 0 Å². The first kappa shape index (κ1) is 20.7. The second-order valence-electron chi connectivity index (χ2n) is 5.60. The molecular weight excluding hydrogens is 372 g/mol. The van der Waals surface area contributed by atoms with Gasteiger partial charge in [-0.1, -0.05) is 11.6 Å². The van der Waals surface area contributed by atoms with Gasteiger partial charge in [0.05, 0.1) is 18.7 Å². The van der Waals surface area contributed by atoms with E-state index in [2.05, 4.69) is 0 Å². The van der Waals surface area contributed by atoms with Gasteiger partial charge in [-0.15, -0.1) is 0 Å². The number of carbonyl (C=O) groups is 1. The van der Waals surface area contributed by atoms with E-state index >= 15 is 0 Å². The summed E-state index contributed by atoms with van der Waals surface area (Å²) in [5.74, 6) is 1.53. The molecule has 2 aromatic rings. The summed E-state index contributed by atoms with van der Waals surface area (Å²) < 4.78 is 22.1. The molecule has 0 aliphatic carbocycles. The maximum atomic E-state index is 10.8. The van der Waals surface area contributed by atoms with Crippen LogP contribution in [0.4, 0.5) is 0 Å². The summed E-state index contributed by atoms with van der Waals surface area (Å²) in [5.41, 5.74) is 0.785. The third kappa shape index (κ3) is 6.57. The molecule has 7 heteroatoms. The van der Waals surface area contributed by atoms with Gasteiger partial charge >= 0.3 is 5.97 Å². The van der Waals surface area contributed by atoms with Gasteiger partial charge in [0, 0.05) is 6.42 Å². The van der Waals surface area contributed by atoms with Crippen LogP contribution < -0.4 is 18.9 Å². The lowest BCUT2D eigenvalue weighted by atomic mass is 10.1. The molecule has 0 saturated heterocycles. The first-order valence-corrected chi connectivity index (χ1v) is 8.98. The summed E-state index contributed by atoms with van der Waals surface area (Å²) in [4.78, 5) is 10.8. The van der Waals surface area contributed by atoms with Gasteiger partial charge in [0.1, 0.15) is 24.7 Å². The zero-order valence-electron chi connectivity index (χ0n) is 15.4. The first-order chi connectivity index (χ1) is 13.0. The normalized spacial score (nSPS) is 10.3. The number of rotatable bonds is 11. The van der Waals surface area contributed by atoms with Crippen LogP contribution in [0.1, 0.15) is 18.9 Å². The van der Waals surface area contributed by atoms with Crippen LogP contribution in [-0.2, 0) is 11.2 Å². The SMILES string of the molecule is CCOc1cc(CCC(=O)O)cc(Cl)c1OCCOc1ccc(OC)cc1. The minimum atomic E-state index is -0.861. The Balaban J connectivity index is 1.96. The molecular formula is C20H23ClO6. The highest BCUT2D eigenvalue weighted by Crippen LogP contribution is 2.37. The van der Waals surface area contributed by atoms with Crippen molar-refractivity contribution in [3.8, 4) is 23.0 Å². The molecule has 0 heterocycles. The van der Waals surface area contributed by atoms with Gasteiger partial charge in [-0.25, -0.2) is 0 Å². The van der Waals surface area contributed by atoms with Gasteiger partial charge in [-0.2, -0.15) is 0 Å². The van der Waals surface area contributed by atoms with Crippen LogP contribution >= 0.6 is 11.6 Å². The Labute approximate surface area is 163 Å². The van der Waals surface area contributed by atoms with Gasteiger partial charge in [0.25, 0.3) is 0 Å². The second kappa shape index (κ2) is 10.5. The predicted octanol–water partition coefficient (Wildman–Crippen LogP) is 4.22. The fraction of sp³-hybridized carbons (Fsp3) is 0.350. The number of hydrogen-bond donors (Lipinski definition) is 1. The van der Waals surface area contributed by atoms with Crippen LogP contribution in [-0.4, -0.2) is 38.0 Å². The number of methoxy groups -OCH3 is 1. The molecule has 2 rings (SSSR count). The van der Waals surface area contributed by atoms with E-state index in [1.54, 1.807) is 19.2 Å². The number of halogens is 1. The Morgan fingerprint density at radius 3 is 2.33 bits per heavy atom. The smallest absolute Gasteiger partial charge is 0.303 e. The van der Waals surface area contributed by atoms with Crippen molar-refractivity contribution in [3.05, 3.63) is 47.0 Å². The molecule has 6 nitrogen and oxygen atoms in total. The molecule has 1 N–H and O–H groups in total. The summed E-state index contributed by atoms with van der Waals surface area (Å²) >= 11 is 6.31. The molecule has 27 heavy (non-hydrogen) atoms. The predicted molar refractivity (Wildman–Crippen MR) is 103 cm³/mol. The van der Waals surface area contributed by atoms with Crippen molar-refractivity contribution in [2.24, 2.45) is 0 Å². The minimum Gasteiger partial charge on any atom is -0.497 e. The first-order valence-electron chi connectivity index (χ1n) is 8.60. The molecule has 0 aliphatic rings. The zero-order chi connectivity index (χ0) is 19.6. The highest BCUT2D eigenvalue weighted by molar-refractivity contribution is 6.32. The van der Waals surface area contributed by atoms with Gasteiger partial charge in [0.15, 0.2) is 11.5 Å². The minimum absolute atomic E-state index is 0.0256. The van der Waals surface area contributed by atoms with E-state index in [1.165, 1.54) is 0 Å². The van der Waals surface area contributed by atoms with Crippen molar-refractivity contribution < 1.29 is 28.8 Å². The highest BCUT2D eigenvalue weighted by atomic mass is 35.5. The molecule has 0 saturated carbocycles. The summed E-state index contributed by atoms with van der Waals surface area (Å²) in [6, 6.07) is 10.7. The Hall–Kier alpha value is -2.60. The molecule has 0 spiro atoms. The topological polar surface area (TPSA) is 74.2 Å². The fourth-order valence-electron chi connectivity index (χ4n) is 2.40. The standard InChI is InChI=1S/C20H23ClO6/c1-3-25-18-13-14(4-9-19(22)23)12-17(21)20(18)27-11-10-26-16-7-5-15(24-2)6-8-16/h5-8,12-13H,3-4,9-11H2,1-2H3,(H,22,23). The molecule has 0 atom stereocenters. The third-order valence-electron chi connectivity index (χ3n) is 3.65. The van der Waals surface area contributed by atoms with Gasteiger partial charge < -0.3 is 24.1 Å². The van der Waals surface area contributed by atoms with Gasteiger partial charge in [-0.05, 0) is 55.3 Å². The van der Waals surface area contributed by atoms with E-state index < -0.39 is 5.97 Å². The quantitative estimate of drug-likeness (QED) is 0.575. The van der Waals surface area contributed by atoms with Crippen molar-refractivity contribution >= 4 is 17.6 Å². The van der Waals surface area contributed by atoms with E-state index in [0.717, 1.165) is 11.3 Å². The van der Waals surface area contributed by atoms with Gasteiger partial charge in [-0.3, -0.25) is 4.79 Å². The number of aryl methyl sites for hydroxylation is 1. The summed E-state index contributed by atoms with van der Waals surface area (Å²) in [6.07, 6.45) is 0.397. The average Bonchev–Trinajstić information content (AvgIpc) is 2.65. The van der Waals surface area contributed by atoms with Crippen LogP contribution in [0, 0.1) is 0 Å². The Bertz CT molecular complexity index is 745. The maximum Gasteiger partial charge on any atom is 0.303 e. The summed E-state index contributed by atoms with van der Waals surface area (Å²) in [7, 11) is 1.61. The lowest BCUT2D eigenvalue weighted by Gasteiger charge is -2.15. The molecule has 0 radical (unpaired) electrons. The number of benzene rings is 2. The number of ether oxygens (including phenoxy) is 4. The van der Waals surface area contributed by atoms with E-state index in [0.29, 0.717) is 41.9 Å². The average molecular weight is 395 g/mol. The Morgan fingerprint density at radius 1 is 1.04 bits per heavy atom. The van der Waals surface area contributed by atoms with E-state index in [9.17, 15) is 4.79 Å². The van der Waals surface area contributed by atoms with Crippen LogP contribution in [0.3, 0.4) is 0 Å². The van der Waals surface area contributed by atoms with E-state index in [-0.39, 0.29) is 13.0 Å².